The molecule has 102 valence electrons. The van der Waals surface area contributed by atoms with E-state index in [1.165, 1.54) is 0 Å². The number of nitrogens with one attached hydrogen (secondary N) is 1. The van der Waals surface area contributed by atoms with E-state index in [4.69, 9.17) is 9.47 Å². The van der Waals surface area contributed by atoms with Gasteiger partial charge in [0.25, 0.3) is 0 Å². The van der Waals surface area contributed by atoms with Crippen molar-refractivity contribution in [2.45, 2.75) is 33.6 Å². The Morgan fingerprint density at radius 1 is 1.17 bits per heavy atom. The zero-order valence-electron chi connectivity index (χ0n) is 11.5. The summed E-state index contributed by atoms with van der Waals surface area (Å²) in [7, 11) is 0. The van der Waals surface area contributed by atoms with Crippen LogP contribution >= 0.6 is 0 Å². The van der Waals surface area contributed by atoms with Crippen molar-refractivity contribution in [3.63, 3.8) is 0 Å². The van der Waals surface area contributed by atoms with Crippen LogP contribution in [0.1, 0.15) is 32.3 Å². The van der Waals surface area contributed by atoms with E-state index in [0.29, 0.717) is 25.0 Å². The Labute approximate surface area is 109 Å². The van der Waals surface area contributed by atoms with Gasteiger partial charge in [-0.05, 0) is 19.8 Å². The number of anilines is 1. The predicted molar refractivity (Wildman–Crippen MR) is 72.2 cm³/mol. The second kappa shape index (κ2) is 8.69. The number of hydrogen-bond donors (Lipinski definition) is 1. The molecule has 0 atom stereocenters. The Morgan fingerprint density at radius 3 is 2.72 bits per heavy atom. The van der Waals surface area contributed by atoms with Gasteiger partial charge in [-0.3, -0.25) is 0 Å². The Balaban J connectivity index is 2.42. The molecule has 1 aromatic heterocycles. The first-order chi connectivity index (χ1) is 8.77. The van der Waals surface area contributed by atoms with E-state index in [2.05, 4.69) is 29.1 Å². The molecule has 5 nitrogen and oxygen atoms in total. The first kappa shape index (κ1) is 14.7. The zero-order valence-corrected chi connectivity index (χ0v) is 11.5. The molecule has 0 saturated carbocycles. The quantitative estimate of drug-likeness (QED) is 0.685. The fourth-order valence-electron chi connectivity index (χ4n) is 1.34. The third kappa shape index (κ3) is 5.31. The van der Waals surface area contributed by atoms with Crippen molar-refractivity contribution in [3.05, 3.63) is 11.8 Å². The molecular formula is C13H23N3O2. The van der Waals surface area contributed by atoms with Crippen LogP contribution < -0.4 is 10.1 Å². The van der Waals surface area contributed by atoms with Crippen LogP contribution in [-0.2, 0) is 4.74 Å². The number of ether oxygens (including phenoxy) is 2. The van der Waals surface area contributed by atoms with Crippen LogP contribution in [0.3, 0.4) is 0 Å². The van der Waals surface area contributed by atoms with Crippen molar-refractivity contribution in [1.29, 1.82) is 0 Å². The van der Waals surface area contributed by atoms with E-state index in [9.17, 15) is 0 Å². The summed E-state index contributed by atoms with van der Waals surface area (Å²) in [6.07, 6.45) is 3.84. The van der Waals surface area contributed by atoms with Crippen LogP contribution in [0.4, 0.5) is 5.95 Å². The molecule has 1 aromatic rings. The molecule has 5 heteroatoms. The summed E-state index contributed by atoms with van der Waals surface area (Å²) < 4.78 is 10.9. The summed E-state index contributed by atoms with van der Waals surface area (Å²) in [6.45, 7) is 8.87. The first-order valence-electron chi connectivity index (χ1n) is 6.56. The van der Waals surface area contributed by atoms with Gasteiger partial charge in [0.1, 0.15) is 6.61 Å². The third-order valence-electron chi connectivity index (χ3n) is 2.27. The first-order valence-corrected chi connectivity index (χ1v) is 6.56. The lowest BCUT2D eigenvalue weighted by molar-refractivity contribution is 0.0987. The van der Waals surface area contributed by atoms with E-state index < -0.39 is 0 Å². The number of rotatable bonds is 9. The van der Waals surface area contributed by atoms with Crippen molar-refractivity contribution >= 4 is 5.95 Å². The Morgan fingerprint density at radius 2 is 2.00 bits per heavy atom. The van der Waals surface area contributed by atoms with E-state index in [0.717, 1.165) is 31.6 Å². The molecule has 0 amide bonds. The molecule has 0 aliphatic heterocycles. The average molecular weight is 253 g/mol. The van der Waals surface area contributed by atoms with Crippen molar-refractivity contribution in [2.75, 3.05) is 31.7 Å². The van der Waals surface area contributed by atoms with Crippen LogP contribution in [0.15, 0.2) is 6.20 Å². The smallest absolute Gasteiger partial charge is 0.225 e. The number of hydrogen-bond acceptors (Lipinski definition) is 5. The van der Waals surface area contributed by atoms with Crippen LogP contribution in [0, 0.1) is 6.92 Å². The minimum absolute atomic E-state index is 0.519. The minimum atomic E-state index is 0.519. The van der Waals surface area contributed by atoms with Crippen LogP contribution in [-0.4, -0.2) is 36.3 Å². The summed E-state index contributed by atoms with van der Waals surface area (Å²) >= 11 is 0. The molecule has 0 radical (unpaired) electrons. The standard InChI is InChI=1S/C13H23N3O2/c1-4-6-14-13-15-10-11(3)12(16-13)18-9-8-17-7-5-2/h10H,4-9H2,1-3H3,(H,14,15,16). The molecule has 0 bridgehead atoms. The highest BCUT2D eigenvalue weighted by atomic mass is 16.5. The highest BCUT2D eigenvalue weighted by Crippen LogP contribution is 2.14. The largest absolute Gasteiger partial charge is 0.475 e. The van der Waals surface area contributed by atoms with Crippen molar-refractivity contribution < 1.29 is 9.47 Å². The maximum atomic E-state index is 5.59. The molecular weight excluding hydrogens is 230 g/mol. The lowest BCUT2D eigenvalue weighted by atomic mass is 10.4. The van der Waals surface area contributed by atoms with Crippen molar-refractivity contribution in [3.8, 4) is 5.88 Å². The second-order valence-electron chi connectivity index (χ2n) is 4.07. The predicted octanol–water partition coefficient (Wildman–Crippen LogP) is 2.41. The van der Waals surface area contributed by atoms with Gasteiger partial charge in [0, 0.05) is 24.9 Å². The number of nitrogens with zero attached hydrogens (tertiary/aromatic N) is 2. The highest BCUT2D eigenvalue weighted by molar-refractivity contribution is 5.32. The Kier molecular flexibility index (Phi) is 7.10. The van der Waals surface area contributed by atoms with E-state index in [-0.39, 0.29) is 0 Å². The van der Waals surface area contributed by atoms with Gasteiger partial charge in [-0.15, -0.1) is 0 Å². The summed E-state index contributed by atoms with van der Waals surface area (Å²) in [4.78, 5) is 8.53. The number of aromatic nitrogens is 2. The van der Waals surface area contributed by atoms with Gasteiger partial charge in [-0.25, -0.2) is 4.98 Å². The average Bonchev–Trinajstić information content (AvgIpc) is 2.39. The van der Waals surface area contributed by atoms with Crippen molar-refractivity contribution in [1.82, 2.24) is 9.97 Å². The molecule has 0 unspecified atom stereocenters. The maximum absolute atomic E-state index is 5.59. The normalized spacial score (nSPS) is 10.4. The van der Waals surface area contributed by atoms with Gasteiger partial charge >= 0.3 is 0 Å². The molecule has 18 heavy (non-hydrogen) atoms. The molecule has 0 aromatic carbocycles. The maximum Gasteiger partial charge on any atom is 0.225 e. The molecule has 0 saturated heterocycles. The van der Waals surface area contributed by atoms with Crippen LogP contribution in [0.25, 0.3) is 0 Å². The van der Waals surface area contributed by atoms with Crippen LogP contribution in [0.2, 0.25) is 0 Å². The fourth-order valence-corrected chi connectivity index (χ4v) is 1.34. The summed E-state index contributed by atoms with van der Waals surface area (Å²) in [5.41, 5.74) is 0.938. The van der Waals surface area contributed by atoms with Gasteiger partial charge in [0.2, 0.25) is 11.8 Å². The van der Waals surface area contributed by atoms with E-state index in [1.807, 2.05) is 6.92 Å². The van der Waals surface area contributed by atoms with Gasteiger partial charge in [-0.2, -0.15) is 4.98 Å². The summed E-state index contributed by atoms with van der Waals surface area (Å²) in [5.74, 6) is 1.25. The summed E-state index contributed by atoms with van der Waals surface area (Å²) in [5, 5.41) is 3.14. The molecule has 0 aliphatic carbocycles. The minimum Gasteiger partial charge on any atom is -0.475 e. The SMILES string of the molecule is CCCNc1ncc(C)c(OCCOCCC)n1. The van der Waals surface area contributed by atoms with Gasteiger partial charge < -0.3 is 14.8 Å². The van der Waals surface area contributed by atoms with Crippen molar-refractivity contribution in [2.24, 2.45) is 0 Å². The van der Waals surface area contributed by atoms with Crippen LogP contribution in [0.5, 0.6) is 5.88 Å². The number of aryl methyl sites for hydroxylation is 1. The van der Waals surface area contributed by atoms with Gasteiger partial charge in [0.05, 0.1) is 6.61 Å². The topological polar surface area (TPSA) is 56.3 Å². The highest BCUT2D eigenvalue weighted by Gasteiger charge is 2.04. The Bertz CT molecular complexity index is 345. The third-order valence-corrected chi connectivity index (χ3v) is 2.27. The lowest BCUT2D eigenvalue weighted by Gasteiger charge is -2.10. The van der Waals surface area contributed by atoms with Gasteiger partial charge in [-0.1, -0.05) is 13.8 Å². The molecule has 0 fully saturated rings. The molecule has 1 rings (SSSR count). The molecule has 0 aliphatic rings. The molecule has 0 spiro atoms. The Hall–Kier alpha value is -1.36. The molecule has 1 heterocycles. The fraction of sp³-hybridized carbons (Fsp3) is 0.692. The van der Waals surface area contributed by atoms with Gasteiger partial charge in [0.15, 0.2) is 0 Å². The van der Waals surface area contributed by atoms with E-state index >= 15 is 0 Å². The molecule has 1 N–H and O–H groups in total. The monoisotopic (exact) mass is 253 g/mol. The summed E-state index contributed by atoms with van der Waals surface area (Å²) in [6, 6.07) is 0. The second-order valence-corrected chi connectivity index (χ2v) is 4.07. The van der Waals surface area contributed by atoms with E-state index in [1.54, 1.807) is 6.20 Å². The zero-order chi connectivity index (χ0) is 13.2. The lowest BCUT2D eigenvalue weighted by Crippen LogP contribution is -2.11.